The first kappa shape index (κ1) is 12.4. The lowest BCUT2D eigenvalue weighted by atomic mass is 10.1. The number of ether oxygens (including phenoxy) is 1. The van der Waals surface area contributed by atoms with E-state index in [2.05, 4.69) is 0 Å². The minimum absolute atomic E-state index is 0.312. The summed E-state index contributed by atoms with van der Waals surface area (Å²) in [6.45, 7) is 2.43. The van der Waals surface area contributed by atoms with Gasteiger partial charge < -0.3 is 4.74 Å². The smallest absolute Gasteiger partial charge is 0.414 e. The molecule has 0 radical (unpaired) electrons. The molecule has 0 aliphatic rings. The SMILES string of the molecule is CCCOC(=O)N(C)c1cccc2ccccc12. The fourth-order valence-corrected chi connectivity index (χ4v) is 1.89. The molecule has 2 aromatic carbocycles. The second-order valence-corrected chi connectivity index (χ2v) is 4.17. The summed E-state index contributed by atoms with van der Waals surface area (Å²) in [6.07, 6.45) is 0.517. The molecule has 0 aliphatic carbocycles. The maximum absolute atomic E-state index is 11.8. The Labute approximate surface area is 107 Å². The molecule has 0 saturated carbocycles. The lowest BCUT2D eigenvalue weighted by Gasteiger charge is -2.18. The van der Waals surface area contributed by atoms with E-state index in [1.54, 1.807) is 11.9 Å². The highest BCUT2D eigenvalue weighted by Gasteiger charge is 2.13. The zero-order valence-corrected chi connectivity index (χ0v) is 10.7. The number of hydrogen-bond donors (Lipinski definition) is 0. The molecule has 0 aromatic heterocycles. The van der Waals surface area contributed by atoms with E-state index in [1.807, 2.05) is 49.4 Å². The molecule has 0 bridgehead atoms. The summed E-state index contributed by atoms with van der Waals surface area (Å²) in [4.78, 5) is 13.4. The predicted molar refractivity (Wildman–Crippen MR) is 74.0 cm³/mol. The number of rotatable bonds is 3. The van der Waals surface area contributed by atoms with E-state index >= 15 is 0 Å². The Morgan fingerprint density at radius 2 is 1.89 bits per heavy atom. The Hall–Kier alpha value is -2.03. The van der Waals surface area contributed by atoms with Gasteiger partial charge in [0.05, 0.1) is 12.3 Å². The van der Waals surface area contributed by atoms with Crippen LogP contribution in [-0.4, -0.2) is 19.7 Å². The number of hydrogen-bond acceptors (Lipinski definition) is 2. The van der Waals surface area contributed by atoms with Gasteiger partial charge in [0.2, 0.25) is 0 Å². The van der Waals surface area contributed by atoms with Crippen molar-refractivity contribution in [3.8, 4) is 0 Å². The van der Waals surface area contributed by atoms with Crippen molar-refractivity contribution in [3.63, 3.8) is 0 Å². The van der Waals surface area contributed by atoms with Crippen LogP contribution < -0.4 is 4.90 Å². The van der Waals surface area contributed by atoms with Crippen molar-refractivity contribution in [1.82, 2.24) is 0 Å². The van der Waals surface area contributed by atoms with Gasteiger partial charge in [-0.1, -0.05) is 43.3 Å². The van der Waals surface area contributed by atoms with Gasteiger partial charge in [0.15, 0.2) is 0 Å². The first-order valence-corrected chi connectivity index (χ1v) is 6.12. The quantitative estimate of drug-likeness (QED) is 0.820. The van der Waals surface area contributed by atoms with Gasteiger partial charge >= 0.3 is 6.09 Å². The fraction of sp³-hybridized carbons (Fsp3) is 0.267. The van der Waals surface area contributed by atoms with E-state index in [0.717, 1.165) is 22.9 Å². The lowest BCUT2D eigenvalue weighted by Crippen LogP contribution is -2.27. The second-order valence-electron chi connectivity index (χ2n) is 4.17. The largest absolute Gasteiger partial charge is 0.449 e. The summed E-state index contributed by atoms with van der Waals surface area (Å²) in [5.41, 5.74) is 0.870. The molecule has 1 amide bonds. The van der Waals surface area contributed by atoms with Crippen molar-refractivity contribution in [1.29, 1.82) is 0 Å². The van der Waals surface area contributed by atoms with Gasteiger partial charge in [-0.2, -0.15) is 0 Å². The maximum atomic E-state index is 11.8. The Kier molecular flexibility index (Phi) is 3.82. The third kappa shape index (κ3) is 2.45. The summed E-state index contributed by atoms with van der Waals surface area (Å²) in [6, 6.07) is 13.9. The normalized spacial score (nSPS) is 10.3. The predicted octanol–water partition coefficient (Wildman–Crippen LogP) is 3.82. The number of amides is 1. The molecule has 0 saturated heterocycles. The molecule has 0 spiro atoms. The topological polar surface area (TPSA) is 29.5 Å². The minimum atomic E-state index is -0.312. The van der Waals surface area contributed by atoms with Gasteiger partial charge in [0.25, 0.3) is 0 Å². The van der Waals surface area contributed by atoms with Crippen molar-refractivity contribution >= 4 is 22.6 Å². The lowest BCUT2D eigenvalue weighted by molar-refractivity contribution is 0.155. The minimum Gasteiger partial charge on any atom is -0.449 e. The zero-order chi connectivity index (χ0) is 13.0. The zero-order valence-electron chi connectivity index (χ0n) is 10.7. The molecule has 2 aromatic rings. The van der Waals surface area contributed by atoms with Gasteiger partial charge in [-0.05, 0) is 17.9 Å². The van der Waals surface area contributed by atoms with E-state index in [4.69, 9.17) is 4.74 Å². The molecule has 0 heterocycles. The highest BCUT2D eigenvalue weighted by molar-refractivity contribution is 6.01. The molecule has 0 unspecified atom stereocenters. The van der Waals surface area contributed by atoms with E-state index < -0.39 is 0 Å². The number of carbonyl (C=O) groups excluding carboxylic acids is 1. The maximum Gasteiger partial charge on any atom is 0.414 e. The summed E-state index contributed by atoms with van der Waals surface area (Å²) >= 11 is 0. The Morgan fingerprint density at radius 1 is 1.17 bits per heavy atom. The van der Waals surface area contributed by atoms with Crippen molar-refractivity contribution in [3.05, 3.63) is 42.5 Å². The van der Waals surface area contributed by atoms with Crippen molar-refractivity contribution in [2.75, 3.05) is 18.6 Å². The van der Waals surface area contributed by atoms with Crippen LogP contribution in [0.1, 0.15) is 13.3 Å². The van der Waals surface area contributed by atoms with Gasteiger partial charge in [-0.3, -0.25) is 4.90 Å². The monoisotopic (exact) mass is 243 g/mol. The van der Waals surface area contributed by atoms with Crippen LogP contribution in [0.4, 0.5) is 10.5 Å². The first-order valence-electron chi connectivity index (χ1n) is 6.12. The average molecular weight is 243 g/mol. The van der Waals surface area contributed by atoms with Crippen LogP contribution in [0, 0.1) is 0 Å². The third-order valence-corrected chi connectivity index (χ3v) is 2.83. The second kappa shape index (κ2) is 5.54. The van der Waals surface area contributed by atoms with Crippen LogP contribution >= 0.6 is 0 Å². The van der Waals surface area contributed by atoms with Crippen molar-refractivity contribution in [2.45, 2.75) is 13.3 Å². The van der Waals surface area contributed by atoms with Crippen LogP contribution in [0.25, 0.3) is 10.8 Å². The highest BCUT2D eigenvalue weighted by Crippen LogP contribution is 2.26. The molecule has 18 heavy (non-hydrogen) atoms. The number of carbonyl (C=O) groups is 1. The van der Waals surface area contributed by atoms with E-state index in [1.165, 1.54) is 0 Å². The number of fused-ring (bicyclic) bond motifs is 1. The van der Waals surface area contributed by atoms with Gasteiger partial charge in [0, 0.05) is 12.4 Å². The standard InChI is InChI=1S/C15H17NO2/c1-3-11-18-15(17)16(2)14-10-6-8-12-7-4-5-9-13(12)14/h4-10H,3,11H2,1-2H3. The number of nitrogens with zero attached hydrogens (tertiary/aromatic N) is 1. The average Bonchev–Trinajstić information content (AvgIpc) is 2.43. The van der Waals surface area contributed by atoms with E-state index in [0.29, 0.717) is 6.61 Å². The highest BCUT2D eigenvalue weighted by atomic mass is 16.6. The van der Waals surface area contributed by atoms with Gasteiger partial charge in [-0.25, -0.2) is 4.79 Å². The third-order valence-electron chi connectivity index (χ3n) is 2.83. The summed E-state index contributed by atoms with van der Waals surface area (Å²) < 4.78 is 5.14. The number of anilines is 1. The van der Waals surface area contributed by atoms with Crippen LogP contribution in [0.5, 0.6) is 0 Å². The van der Waals surface area contributed by atoms with Gasteiger partial charge in [0.1, 0.15) is 0 Å². The molecule has 3 heteroatoms. The van der Waals surface area contributed by atoms with E-state index in [-0.39, 0.29) is 6.09 Å². The molecular formula is C15H17NO2. The van der Waals surface area contributed by atoms with Crippen LogP contribution in [0.3, 0.4) is 0 Å². The Bertz CT molecular complexity index is 546. The molecule has 2 rings (SSSR count). The summed E-state index contributed by atoms with van der Waals surface area (Å²) in [7, 11) is 1.74. The molecular weight excluding hydrogens is 226 g/mol. The molecule has 94 valence electrons. The van der Waals surface area contributed by atoms with Crippen LogP contribution in [-0.2, 0) is 4.74 Å². The van der Waals surface area contributed by atoms with Crippen LogP contribution in [0.15, 0.2) is 42.5 Å². The summed E-state index contributed by atoms with van der Waals surface area (Å²) in [5.74, 6) is 0. The fourth-order valence-electron chi connectivity index (χ4n) is 1.89. The molecule has 0 atom stereocenters. The molecule has 3 nitrogen and oxygen atoms in total. The first-order chi connectivity index (χ1) is 8.74. The molecule has 0 N–H and O–H groups in total. The Morgan fingerprint density at radius 3 is 2.67 bits per heavy atom. The summed E-state index contributed by atoms with van der Waals surface area (Å²) in [5, 5.41) is 2.17. The molecule has 0 fully saturated rings. The Balaban J connectivity index is 2.32. The van der Waals surface area contributed by atoms with Crippen molar-refractivity contribution < 1.29 is 9.53 Å². The van der Waals surface area contributed by atoms with Crippen molar-refractivity contribution in [2.24, 2.45) is 0 Å². The van der Waals surface area contributed by atoms with Crippen LogP contribution in [0.2, 0.25) is 0 Å². The van der Waals surface area contributed by atoms with Gasteiger partial charge in [-0.15, -0.1) is 0 Å². The number of benzene rings is 2. The molecule has 0 aliphatic heterocycles. The van der Waals surface area contributed by atoms with E-state index in [9.17, 15) is 4.79 Å².